The number of hydrogen-bond donors (Lipinski definition) is 2. The smallest absolute Gasteiger partial charge is 0.224 e. The molecule has 1 amide bonds. The van der Waals surface area contributed by atoms with Crippen LogP contribution in [0.1, 0.15) is 46.0 Å². The van der Waals surface area contributed by atoms with Gasteiger partial charge in [0.15, 0.2) is 5.65 Å². The topological polar surface area (TPSA) is 101 Å². The second kappa shape index (κ2) is 10.2. The maximum atomic E-state index is 13.1. The molecule has 1 aliphatic carbocycles. The molecular formula is C28H33BrN8O. The number of likely N-dealkylation sites (tertiary alicyclic amines) is 1. The molecule has 6 rings (SSSR count). The molecule has 198 valence electrons. The van der Waals surface area contributed by atoms with Gasteiger partial charge in [0.25, 0.3) is 0 Å². The van der Waals surface area contributed by atoms with Crippen molar-refractivity contribution in [3.63, 3.8) is 0 Å². The molecule has 10 heteroatoms. The highest BCUT2D eigenvalue weighted by Crippen LogP contribution is 2.30. The summed E-state index contributed by atoms with van der Waals surface area (Å²) in [6.07, 6.45) is 8.64. The number of nitrogens with zero attached hydrogens (tertiary/aromatic N) is 6. The fraction of sp³-hybridized carbons (Fsp3) is 0.464. The lowest BCUT2D eigenvalue weighted by Crippen LogP contribution is -2.52. The van der Waals surface area contributed by atoms with E-state index in [-0.39, 0.29) is 23.4 Å². The quantitative estimate of drug-likeness (QED) is 0.329. The van der Waals surface area contributed by atoms with Crippen LogP contribution >= 0.6 is 15.9 Å². The van der Waals surface area contributed by atoms with Crippen molar-refractivity contribution in [2.45, 2.75) is 57.5 Å². The van der Waals surface area contributed by atoms with Gasteiger partial charge in [-0.3, -0.25) is 9.78 Å². The van der Waals surface area contributed by atoms with Gasteiger partial charge in [0.1, 0.15) is 4.60 Å². The molecule has 0 bridgehead atoms. The molecule has 2 N–H and O–H groups in total. The maximum absolute atomic E-state index is 13.1. The van der Waals surface area contributed by atoms with Gasteiger partial charge in [0.2, 0.25) is 11.9 Å². The summed E-state index contributed by atoms with van der Waals surface area (Å²) < 4.78 is 2.52. The average Bonchev–Trinajstić information content (AvgIpc) is 3.64. The summed E-state index contributed by atoms with van der Waals surface area (Å²) in [5, 5.41) is 13.3. The molecule has 2 aliphatic rings. The zero-order valence-corrected chi connectivity index (χ0v) is 23.4. The zero-order valence-electron chi connectivity index (χ0n) is 21.8. The van der Waals surface area contributed by atoms with Gasteiger partial charge < -0.3 is 15.5 Å². The number of pyridine rings is 1. The predicted octanol–water partition coefficient (Wildman–Crippen LogP) is 4.70. The molecule has 1 saturated carbocycles. The number of aromatic nitrogens is 5. The van der Waals surface area contributed by atoms with Crippen LogP contribution in [0.5, 0.6) is 0 Å². The highest BCUT2D eigenvalue weighted by atomic mass is 79.9. The van der Waals surface area contributed by atoms with E-state index >= 15 is 0 Å². The number of carbonyl (C=O) groups excluding carboxylic acids is 1. The maximum Gasteiger partial charge on any atom is 0.224 e. The first-order chi connectivity index (χ1) is 18.3. The number of halogens is 1. The van der Waals surface area contributed by atoms with Crippen LogP contribution in [0.25, 0.3) is 27.6 Å². The van der Waals surface area contributed by atoms with Crippen LogP contribution in [-0.2, 0) is 4.79 Å². The van der Waals surface area contributed by atoms with Crippen LogP contribution in [0.2, 0.25) is 0 Å². The van der Waals surface area contributed by atoms with Crippen molar-refractivity contribution < 1.29 is 4.79 Å². The molecule has 4 heterocycles. The van der Waals surface area contributed by atoms with E-state index in [0.29, 0.717) is 16.2 Å². The molecule has 38 heavy (non-hydrogen) atoms. The van der Waals surface area contributed by atoms with Gasteiger partial charge in [0, 0.05) is 41.8 Å². The zero-order chi connectivity index (χ0) is 26.3. The van der Waals surface area contributed by atoms with Crippen molar-refractivity contribution in [2.75, 3.05) is 25.0 Å². The molecule has 0 spiro atoms. The van der Waals surface area contributed by atoms with Crippen LogP contribution < -0.4 is 10.6 Å². The Morgan fingerprint density at radius 3 is 2.84 bits per heavy atom. The molecule has 1 saturated heterocycles. The fourth-order valence-electron chi connectivity index (χ4n) is 5.82. The first kappa shape index (κ1) is 25.2. The minimum absolute atomic E-state index is 0.0000317. The Balaban J connectivity index is 1.15. The highest BCUT2D eigenvalue weighted by Gasteiger charge is 2.34. The summed E-state index contributed by atoms with van der Waals surface area (Å²) in [5.74, 6) is 0.705. The van der Waals surface area contributed by atoms with Crippen molar-refractivity contribution in [1.29, 1.82) is 0 Å². The van der Waals surface area contributed by atoms with E-state index in [1.165, 1.54) is 12.8 Å². The van der Waals surface area contributed by atoms with Crippen LogP contribution in [-0.4, -0.2) is 66.8 Å². The monoisotopic (exact) mass is 576 g/mol. The van der Waals surface area contributed by atoms with E-state index in [0.717, 1.165) is 60.9 Å². The number of benzene rings is 1. The van der Waals surface area contributed by atoms with E-state index in [1.807, 2.05) is 28.9 Å². The Hall–Kier alpha value is -3.11. The number of amides is 1. The molecule has 0 radical (unpaired) electrons. The van der Waals surface area contributed by atoms with Gasteiger partial charge >= 0.3 is 0 Å². The highest BCUT2D eigenvalue weighted by molar-refractivity contribution is 9.10. The van der Waals surface area contributed by atoms with Crippen LogP contribution in [0.3, 0.4) is 0 Å². The lowest BCUT2D eigenvalue weighted by Gasteiger charge is -2.32. The predicted molar refractivity (Wildman–Crippen MR) is 152 cm³/mol. The van der Waals surface area contributed by atoms with E-state index in [4.69, 9.17) is 4.98 Å². The van der Waals surface area contributed by atoms with Gasteiger partial charge in [0.05, 0.1) is 16.6 Å². The number of anilines is 1. The summed E-state index contributed by atoms with van der Waals surface area (Å²) in [5.41, 5.74) is 2.32. The van der Waals surface area contributed by atoms with Gasteiger partial charge in [-0.2, -0.15) is 10.1 Å². The SMILES string of the molecule is CC(C)(CN1CCCC1)NC(=O)[C@@H]1CC[C@@H](Nc2ncc3c(Br)nn(-c4ccc5ncccc5c4)c3n2)C1. The number of nitrogens with one attached hydrogen (secondary N) is 2. The van der Waals surface area contributed by atoms with Crippen molar-refractivity contribution in [1.82, 2.24) is 34.9 Å². The van der Waals surface area contributed by atoms with Crippen molar-refractivity contribution >= 4 is 49.7 Å². The van der Waals surface area contributed by atoms with Crippen molar-refractivity contribution in [2.24, 2.45) is 5.92 Å². The van der Waals surface area contributed by atoms with Crippen molar-refractivity contribution in [3.8, 4) is 5.69 Å². The van der Waals surface area contributed by atoms with Gasteiger partial charge in [-0.05, 0) is 99.2 Å². The summed E-state index contributed by atoms with van der Waals surface area (Å²) in [4.78, 5) is 29.3. The molecule has 9 nitrogen and oxygen atoms in total. The molecule has 2 atom stereocenters. The Morgan fingerprint density at radius 1 is 1.16 bits per heavy atom. The molecule has 3 aromatic heterocycles. The Morgan fingerprint density at radius 2 is 2.00 bits per heavy atom. The fourth-order valence-corrected chi connectivity index (χ4v) is 6.26. The third kappa shape index (κ3) is 5.24. The van der Waals surface area contributed by atoms with E-state index in [9.17, 15) is 4.79 Å². The molecule has 1 aliphatic heterocycles. The van der Waals surface area contributed by atoms with E-state index in [2.05, 4.69) is 66.4 Å². The third-order valence-electron chi connectivity index (χ3n) is 7.63. The largest absolute Gasteiger partial charge is 0.351 e. The first-order valence-corrected chi connectivity index (χ1v) is 14.2. The van der Waals surface area contributed by atoms with Crippen molar-refractivity contribution in [3.05, 3.63) is 47.3 Å². The van der Waals surface area contributed by atoms with E-state index < -0.39 is 0 Å². The number of rotatable bonds is 7. The Bertz CT molecular complexity index is 1480. The molecular weight excluding hydrogens is 544 g/mol. The molecule has 2 fully saturated rings. The second-order valence-corrected chi connectivity index (χ2v) is 12.0. The summed E-state index contributed by atoms with van der Waals surface area (Å²) in [7, 11) is 0. The van der Waals surface area contributed by atoms with Crippen LogP contribution in [0.15, 0.2) is 47.3 Å². The normalized spacial score (nSPS) is 20.4. The lowest BCUT2D eigenvalue weighted by atomic mass is 10.0. The van der Waals surface area contributed by atoms with Gasteiger partial charge in [-0.25, -0.2) is 9.67 Å². The Kier molecular flexibility index (Phi) is 6.77. The summed E-state index contributed by atoms with van der Waals surface area (Å²) in [6.45, 7) is 7.42. The number of carbonyl (C=O) groups is 1. The van der Waals surface area contributed by atoms with E-state index in [1.54, 1.807) is 12.4 Å². The minimum atomic E-state index is -0.230. The standard InChI is InChI=1S/C28H33BrN8O/c1-28(2,17-36-12-3-4-13-36)34-26(38)19-7-8-20(14-19)32-27-31-16-22-24(29)35-37(25(22)33-27)21-9-10-23-18(15-21)6-5-11-30-23/h5-6,9-11,15-16,19-20H,3-4,7-8,12-14,17H2,1-2H3,(H,34,38)(H,31,32,33)/t19-,20-/m1/s1. The second-order valence-electron chi connectivity index (χ2n) is 11.2. The van der Waals surface area contributed by atoms with Gasteiger partial charge in [-0.1, -0.05) is 6.07 Å². The minimum Gasteiger partial charge on any atom is -0.351 e. The lowest BCUT2D eigenvalue weighted by molar-refractivity contribution is -0.126. The first-order valence-electron chi connectivity index (χ1n) is 13.4. The average molecular weight is 578 g/mol. The van der Waals surface area contributed by atoms with Gasteiger partial charge in [-0.15, -0.1) is 0 Å². The third-order valence-corrected chi connectivity index (χ3v) is 8.21. The molecule has 1 aromatic carbocycles. The summed E-state index contributed by atoms with van der Waals surface area (Å²) in [6, 6.07) is 10.2. The van der Waals surface area contributed by atoms with Crippen LogP contribution in [0, 0.1) is 5.92 Å². The molecule has 4 aromatic rings. The Labute approximate surface area is 230 Å². The number of hydrogen-bond acceptors (Lipinski definition) is 7. The van der Waals surface area contributed by atoms with Crippen LogP contribution in [0.4, 0.5) is 5.95 Å². The summed E-state index contributed by atoms with van der Waals surface area (Å²) >= 11 is 3.56. The number of fused-ring (bicyclic) bond motifs is 2. The molecule has 0 unspecified atom stereocenters.